The van der Waals surface area contributed by atoms with Crippen LogP contribution in [0, 0.1) is 10.1 Å². The lowest BCUT2D eigenvalue weighted by Crippen LogP contribution is -2.35. The predicted molar refractivity (Wildman–Crippen MR) is 68.3 cm³/mol. The van der Waals surface area contributed by atoms with Crippen molar-refractivity contribution in [3.05, 3.63) is 16.3 Å². The van der Waals surface area contributed by atoms with Crippen LogP contribution >= 0.6 is 0 Å². The van der Waals surface area contributed by atoms with Gasteiger partial charge in [-0.2, -0.15) is 4.98 Å². The molecule has 0 saturated carbocycles. The van der Waals surface area contributed by atoms with Crippen molar-refractivity contribution < 1.29 is 9.72 Å². The number of hydrogen-bond acceptors (Lipinski definition) is 8. The van der Waals surface area contributed by atoms with E-state index in [4.69, 9.17) is 5.84 Å². The van der Waals surface area contributed by atoms with Crippen LogP contribution in [0.3, 0.4) is 0 Å². The standard InChI is InChI=1S/C9H15N7O3/c1-5(2)13-7(17)4-11-8-6(16(18)19)3-12-9(14-8)15-10/h3,5H,4,10H2,1-2H3,(H,13,17)(H2,11,12,14,15). The number of rotatable bonds is 6. The third-order valence-corrected chi connectivity index (χ3v) is 1.96. The number of nitrogens with two attached hydrogens (primary N) is 1. The molecule has 0 aliphatic rings. The summed E-state index contributed by atoms with van der Waals surface area (Å²) in [7, 11) is 0. The molecule has 1 rings (SSSR count). The molecule has 0 radical (unpaired) electrons. The molecule has 0 bridgehead atoms. The Kier molecular flexibility index (Phi) is 4.94. The number of nitro groups is 1. The first kappa shape index (κ1) is 14.6. The van der Waals surface area contributed by atoms with Crippen LogP contribution in [-0.4, -0.2) is 33.4 Å². The molecule has 10 heteroatoms. The number of anilines is 2. The van der Waals surface area contributed by atoms with Crippen LogP contribution in [0.15, 0.2) is 6.20 Å². The highest BCUT2D eigenvalue weighted by molar-refractivity contribution is 5.81. The second kappa shape index (κ2) is 6.44. The maximum Gasteiger partial charge on any atom is 0.329 e. The van der Waals surface area contributed by atoms with Crippen molar-refractivity contribution >= 4 is 23.4 Å². The number of aromatic nitrogens is 2. The van der Waals surface area contributed by atoms with Gasteiger partial charge in [-0.15, -0.1) is 0 Å². The SMILES string of the molecule is CC(C)NC(=O)CNc1nc(NN)ncc1[N+](=O)[O-]. The molecule has 19 heavy (non-hydrogen) atoms. The minimum absolute atomic E-state index is 0.0115. The Labute approximate surface area is 108 Å². The molecule has 0 saturated heterocycles. The van der Waals surface area contributed by atoms with Gasteiger partial charge in [-0.3, -0.25) is 20.3 Å². The van der Waals surface area contributed by atoms with Crippen molar-refractivity contribution in [2.45, 2.75) is 19.9 Å². The normalized spacial score (nSPS) is 10.1. The largest absolute Gasteiger partial charge is 0.355 e. The van der Waals surface area contributed by atoms with Crippen LogP contribution < -0.4 is 21.9 Å². The van der Waals surface area contributed by atoms with Crippen LogP contribution in [0.25, 0.3) is 0 Å². The Bertz CT molecular complexity index is 477. The molecule has 1 heterocycles. The second-order valence-corrected chi connectivity index (χ2v) is 3.90. The lowest BCUT2D eigenvalue weighted by Gasteiger charge is -2.10. The molecule has 104 valence electrons. The van der Waals surface area contributed by atoms with Gasteiger partial charge < -0.3 is 10.6 Å². The lowest BCUT2D eigenvalue weighted by atomic mass is 10.4. The molecular weight excluding hydrogens is 254 g/mol. The number of nitrogens with one attached hydrogen (secondary N) is 3. The van der Waals surface area contributed by atoms with E-state index in [0.717, 1.165) is 6.20 Å². The van der Waals surface area contributed by atoms with E-state index in [0.29, 0.717) is 0 Å². The van der Waals surface area contributed by atoms with Crippen molar-refractivity contribution in [3.63, 3.8) is 0 Å². The fourth-order valence-corrected chi connectivity index (χ4v) is 1.25. The first-order valence-electron chi connectivity index (χ1n) is 5.45. The number of hydrazine groups is 1. The van der Waals surface area contributed by atoms with E-state index in [1.54, 1.807) is 0 Å². The molecule has 10 nitrogen and oxygen atoms in total. The minimum Gasteiger partial charge on any atom is -0.355 e. The second-order valence-electron chi connectivity index (χ2n) is 3.90. The fraction of sp³-hybridized carbons (Fsp3) is 0.444. The van der Waals surface area contributed by atoms with Gasteiger partial charge in [-0.25, -0.2) is 10.8 Å². The summed E-state index contributed by atoms with van der Waals surface area (Å²) in [6.07, 6.45) is 1.00. The summed E-state index contributed by atoms with van der Waals surface area (Å²) < 4.78 is 0. The average Bonchev–Trinajstić information content (AvgIpc) is 2.34. The molecule has 0 unspecified atom stereocenters. The Morgan fingerprint density at radius 1 is 1.58 bits per heavy atom. The number of hydrogen-bond donors (Lipinski definition) is 4. The number of carbonyl (C=O) groups excluding carboxylic acids is 1. The first-order chi connectivity index (χ1) is 8.93. The number of amides is 1. The Morgan fingerprint density at radius 3 is 2.79 bits per heavy atom. The quantitative estimate of drug-likeness (QED) is 0.310. The number of nitrogens with zero attached hydrogens (tertiary/aromatic N) is 3. The van der Waals surface area contributed by atoms with Gasteiger partial charge in [0.2, 0.25) is 17.7 Å². The Morgan fingerprint density at radius 2 is 2.26 bits per heavy atom. The maximum atomic E-state index is 11.4. The fourth-order valence-electron chi connectivity index (χ4n) is 1.25. The highest BCUT2D eigenvalue weighted by atomic mass is 16.6. The van der Waals surface area contributed by atoms with Gasteiger partial charge in [0.25, 0.3) is 0 Å². The topological polar surface area (TPSA) is 148 Å². The van der Waals surface area contributed by atoms with E-state index >= 15 is 0 Å². The zero-order chi connectivity index (χ0) is 14.4. The smallest absolute Gasteiger partial charge is 0.329 e. The molecule has 0 fully saturated rings. The Hall–Kier alpha value is -2.49. The van der Waals surface area contributed by atoms with Gasteiger partial charge in [0.15, 0.2) is 0 Å². The van der Waals surface area contributed by atoms with Crippen molar-refractivity contribution in [3.8, 4) is 0 Å². The molecule has 0 aliphatic carbocycles. The van der Waals surface area contributed by atoms with Gasteiger partial charge in [0.05, 0.1) is 11.5 Å². The van der Waals surface area contributed by atoms with E-state index in [1.807, 2.05) is 13.8 Å². The van der Waals surface area contributed by atoms with E-state index < -0.39 is 4.92 Å². The van der Waals surface area contributed by atoms with Crippen molar-refractivity contribution in [2.75, 3.05) is 17.3 Å². The number of carbonyl (C=O) groups is 1. The van der Waals surface area contributed by atoms with Gasteiger partial charge >= 0.3 is 5.69 Å². The molecule has 1 aromatic rings. The maximum absolute atomic E-state index is 11.4. The summed E-state index contributed by atoms with van der Waals surface area (Å²) in [5.41, 5.74) is 1.83. The minimum atomic E-state index is -0.650. The van der Waals surface area contributed by atoms with Crippen LogP contribution in [0.1, 0.15) is 13.8 Å². The highest BCUT2D eigenvalue weighted by Crippen LogP contribution is 2.21. The molecule has 0 aliphatic heterocycles. The molecule has 0 spiro atoms. The van der Waals surface area contributed by atoms with Crippen LogP contribution in [0.2, 0.25) is 0 Å². The monoisotopic (exact) mass is 269 g/mol. The third-order valence-electron chi connectivity index (χ3n) is 1.96. The summed E-state index contributed by atoms with van der Waals surface area (Å²) >= 11 is 0. The van der Waals surface area contributed by atoms with Crippen LogP contribution in [-0.2, 0) is 4.79 Å². The van der Waals surface area contributed by atoms with E-state index in [1.165, 1.54) is 0 Å². The van der Waals surface area contributed by atoms with E-state index in [2.05, 4.69) is 26.0 Å². The molecule has 5 N–H and O–H groups in total. The molecular formula is C9H15N7O3. The summed E-state index contributed by atoms with van der Waals surface area (Å²) in [6.45, 7) is 3.48. The number of nitrogen functional groups attached to an aromatic ring is 1. The zero-order valence-electron chi connectivity index (χ0n) is 10.5. The molecule has 0 aromatic carbocycles. The third kappa shape index (κ3) is 4.35. The van der Waals surface area contributed by atoms with Crippen molar-refractivity contribution in [1.82, 2.24) is 15.3 Å². The van der Waals surface area contributed by atoms with Crippen molar-refractivity contribution in [1.29, 1.82) is 0 Å². The molecule has 1 amide bonds. The predicted octanol–water partition coefficient (Wildman–Crippen LogP) is -0.393. The van der Waals surface area contributed by atoms with Crippen molar-refractivity contribution in [2.24, 2.45) is 5.84 Å². The summed E-state index contributed by atoms with van der Waals surface area (Å²) in [5, 5.41) is 16.0. The summed E-state index contributed by atoms with van der Waals surface area (Å²) in [5.74, 6) is 4.75. The lowest BCUT2D eigenvalue weighted by molar-refractivity contribution is -0.384. The Balaban J connectivity index is 2.80. The van der Waals surface area contributed by atoms with Crippen LogP contribution in [0.5, 0.6) is 0 Å². The molecule has 1 aromatic heterocycles. The van der Waals surface area contributed by atoms with E-state index in [9.17, 15) is 14.9 Å². The van der Waals surface area contributed by atoms with Gasteiger partial charge in [-0.1, -0.05) is 0 Å². The van der Waals surface area contributed by atoms with Gasteiger partial charge in [0, 0.05) is 6.04 Å². The first-order valence-corrected chi connectivity index (χ1v) is 5.45. The zero-order valence-corrected chi connectivity index (χ0v) is 10.5. The van der Waals surface area contributed by atoms with Gasteiger partial charge in [-0.05, 0) is 13.8 Å². The van der Waals surface area contributed by atoms with Crippen LogP contribution in [0.4, 0.5) is 17.5 Å². The molecule has 0 atom stereocenters. The van der Waals surface area contributed by atoms with E-state index in [-0.39, 0.29) is 35.9 Å². The summed E-state index contributed by atoms with van der Waals surface area (Å²) in [4.78, 5) is 29.0. The average molecular weight is 269 g/mol. The van der Waals surface area contributed by atoms with Gasteiger partial charge in [0.1, 0.15) is 6.20 Å². The highest BCUT2D eigenvalue weighted by Gasteiger charge is 2.17. The summed E-state index contributed by atoms with van der Waals surface area (Å²) in [6, 6.07) is -0.0176.